The Morgan fingerprint density at radius 1 is 1.10 bits per heavy atom. The van der Waals surface area contributed by atoms with Gasteiger partial charge in [0.1, 0.15) is 5.75 Å². The van der Waals surface area contributed by atoms with Crippen molar-refractivity contribution >= 4 is 59.9 Å². The zero-order chi connectivity index (χ0) is 27.6. The molecule has 0 aliphatic carbocycles. The molecule has 3 N–H and O–H groups in total. The fourth-order valence-electron chi connectivity index (χ4n) is 3.70. The summed E-state index contributed by atoms with van der Waals surface area (Å²) < 4.78 is 31.0. The number of carbonyl (C=O) groups excluding carboxylic acids is 1. The summed E-state index contributed by atoms with van der Waals surface area (Å²) in [5.41, 5.74) is 1.72. The van der Waals surface area contributed by atoms with E-state index >= 15 is 0 Å². The number of thiazole rings is 1. The Labute approximate surface area is 234 Å². The third-order valence-corrected chi connectivity index (χ3v) is 7.90. The smallest absolute Gasteiger partial charge is 0.291 e. The van der Waals surface area contributed by atoms with Crippen molar-refractivity contribution in [2.75, 3.05) is 11.9 Å². The van der Waals surface area contributed by atoms with Crippen LogP contribution in [-0.4, -0.2) is 35.5 Å². The zero-order valence-corrected chi connectivity index (χ0v) is 23.3. The van der Waals surface area contributed by atoms with Gasteiger partial charge in [0, 0.05) is 22.1 Å². The molecule has 0 fully saturated rings. The van der Waals surface area contributed by atoms with E-state index in [4.69, 9.17) is 9.88 Å². The van der Waals surface area contributed by atoms with Gasteiger partial charge >= 0.3 is 0 Å². The lowest BCUT2D eigenvalue weighted by Crippen LogP contribution is -2.24. The summed E-state index contributed by atoms with van der Waals surface area (Å²) in [6.45, 7) is -0.318. The maximum atomic E-state index is 13.0. The number of primary sulfonamides is 1. The highest BCUT2D eigenvalue weighted by molar-refractivity contribution is 9.10. The van der Waals surface area contributed by atoms with Crippen molar-refractivity contribution in [1.82, 2.24) is 14.6 Å². The van der Waals surface area contributed by atoms with E-state index in [0.717, 1.165) is 10.0 Å². The number of carbonyl (C=O) groups is 1. The van der Waals surface area contributed by atoms with Crippen LogP contribution >= 0.6 is 27.3 Å². The lowest BCUT2D eigenvalue weighted by atomic mass is 10.1. The molecule has 2 heterocycles. The average molecular weight is 627 g/mol. The summed E-state index contributed by atoms with van der Waals surface area (Å²) in [6.07, 6.45) is 2.19. The van der Waals surface area contributed by atoms with Crippen LogP contribution in [0.1, 0.15) is 17.0 Å². The lowest BCUT2D eigenvalue weighted by molar-refractivity contribution is -0.118. The minimum absolute atomic E-state index is 0.0619. The van der Waals surface area contributed by atoms with Gasteiger partial charge in [-0.25, -0.2) is 18.5 Å². The third kappa shape index (κ3) is 6.40. The Morgan fingerprint density at radius 3 is 2.54 bits per heavy atom. The predicted octanol–water partition coefficient (Wildman–Crippen LogP) is 2.72. The number of nitrogens with two attached hydrogens (primary N) is 1. The summed E-state index contributed by atoms with van der Waals surface area (Å²) >= 11 is 4.64. The minimum atomic E-state index is -3.83. The van der Waals surface area contributed by atoms with E-state index in [0.29, 0.717) is 38.7 Å². The van der Waals surface area contributed by atoms with Crippen LogP contribution in [0.25, 0.3) is 11.0 Å². The summed E-state index contributed by atoms with van der Waals surface area (Å²) in [4.78, 5) is 30.4. The maximum Gasteiger partial charge on any atom is 0.291 e. The number of sulfonamides is 1. The highest BCUT2D eigenvalue weighted by Crippen LogP contribution is 2.24. The molecule has 39 heavy (non-hydrogen) atoms. The first-order valence-electron chi connectivity index (χ1n) is 11.4. The van der Waals surface area contributed by atoms with Gasteiger partial charge in [-0.1, -0.05) is 57.6 Å². The molecule has 0 saturated heterocycles. The van der Waals surface area contributed by atoms with Crippen molar-refractivity contribution in [2.24, 2.45) is 5.14 Å². The monoisotopic (exact) mass is 625 g/mol. The van der Waals surface area contributed by atoms with Crippen LogP contribution in [-0.2, 0) is 21.2 Å². The molecule has 1 amide bonds. The highest BCUT2D eigenvalue weighted by atomic mass is 79.9. The van der Waals surface area contributed by atoms with E-state index in [9.17, 15) is 18.0 Å². The second-order valence-electron chi connectivity index (χ2n) is 8.39. The van der Waals surface area contributed by atoms with E-state index in [1.54, 1.807) is 24.3 Å². The van der Waals surface area contributed by atoms with Gasteiger partial charge in [-0.15, -0.1) is 5.10 Å². The molecule has 0 spiro atoms. The first kappa shape index (κ1) is 26.7. The van der Waals surface area contributed by atoms with Gasteiger partial charge in [0.25, 0.3) is 11.5 Å². The van der Waals surface area contributed by atoms with Gasteiger partial charge in [-0.3, -0.25) is 9.59 Å². The molecular weight excluding hydrogens is 606 g/mol. The minimum Gasteiger partial charge on any atom is -0.483 e. The fraction of sp³-hybridized carbons (Fsp3) is 0.0769. The van der Waals surface area contributed by atoms with Gasteiger partial charge in [0.15, 0.2) is 12.4 Å². The maximum absolute atomic E-state index is 13.0. The van der Waals surface area contributed by atoms with Crippen molar-refractivity contribution < 1.29 is 17.9 Å². The molecule has 3 aromatic carbocycles. The predicted molar refractivity (Wildman–Crippen MR) is 151 cm³/mol. The van der Waals surface area contributed by atoms with Crippen molar-refractivity contribution in [3.63, 3.8) is 0 Å². The van der Waals surface area contributed by atoms with Crippen LogP contribution in [0.4, 0.5) is 5.69 Å². The number of nitrogens with one attached hydrogen (secondary N) is 1. The number of benzene rings is 3. The Bertz CT molecular complexity index is 1890. The van der Waals surface area contributed by atoms with Crippen LogP contribution in [0.15, 0.2) is 87.0 Å². The molecule has 0 aliphatic heterocycles. The van der Waals surface area contributed by atoms with Gasteiger partial charge in [-0.2, -0.15) is 4.52 Å². The zero-order valence-electron chi connectivity index (χ0n) is 20.1. The molecule has 198 valence electrons. The van der Waals surface area contributed by atoms with Crippen molar-refractivity contribution in [3.05, 3.63) is 109 Å². The molecule has 0 radical (unpaired) electrons. The second-order valence-corrected chi connectivity index (χ2v) is 11.9. The van der Waals surface area contributed by atoms with Gasteiger partial charge in [0.05, 0.1) is 9.43 Å². The number of hydrogen-bond donors (Lipinski definition) is 2. The van der Waals surface area contributed by atoms with E-state index in [-0.39, 0.29) is 17.1 Å². The first-order chi connectivity index (χ1) is 18.7. The summed E-state index contributed by atoms with van der Waals surface area (Å²) in [7, 11) is -3.83. The number of fused-ring (bicyclic) bond motifs is 1. The molecule has 0 saturated carbocycles. The number of halogens is 1. The van der Waals surface area contributed by atoms with Gasteiger partial charge in [-0.05, 0) is 54.1 Å². The summed E-state index contributed by atoms with van der Waals surface area (Å²) in [6, 6.07) is 20.4. The van der Waals surface area contributed by atoms with Crippen molar-refractivity contribution in [2.45, 2.75) is 11.3 Å². The van der Waals surface area contributed by atoms with E-state index in [1.807, 2.05) is 30.3 Å². The number of anilines is 1. The molecule has 0 atom stereocenters. The third-order valence-electron chi connectivity index (χ3n) is 5.51. The molecule has 0 aliphatic rings. The first-order valence-corrected chi connectivity index (χ1v) is 14.6. The summed E-state index contributed by atoms with van der Waals surface area (Å²) in [5, 5.41) is 12.1. The van der Waals surface area contributed by atoms with Crippen molar-refractivity contribution in [1.29, 1.82) is 0 Å². The van der Waals surface area contributed by atoms with Crippen LogP contribution < -0.4 is 25.3 Å². The number of nitrogens with zero attached hydrogens (tertiary/aromatic N) is 3. The molecule has 2 aromatic heterocycles. The van der Waals surface area contributed by atoms with Gasteiger partial charge in [0.2, 0.25) is 15.0 Å². The molecule has 0 bridgehead atoms. The normalized spacial score (nSPS) is 12.1. The van der Waals surface area contributed by atoms with Crippen LogP contribution in [0.5, 0.6) is 5.75 Å². The van der Waals surface area contributed by atoms with E-state index in [1.165, 1.54) is 40.1 Å². The molecule has 10 nitrogen and oxygen atoms in total. The number of aromatic nitrogens is 3. The number of amides is 1. The number of hydrogen-bond acceptors (Lipinski definition) is 8. The number of rotatable bonds is 8. The quantitative estimate of drug-likeness (QED) is 0.269. The summed E-state index contributed by atoms with van der Waals surface area (Å²) in [5.74, 6) is 0.496. The molecule has 0 unspecified atom stereocenters. The SMILES string of the molecule is NS(=O)(=O)c1ccc(NC(=O)COc2ccc(Br)cc2/C=c2\sc3nc(Cc4ccccc4)nn3c2=O)cc1. The Balaban J connectivity index is 1.32. The van der Waals surface area contributed by atoms with E-state index in [2.05, 4.69) is 31.3 Å². The Kier molecular flexibility index (Phi) is 7.57. The van der Waals surface area contributed by atoms with Crippen LogP contribution in [0.2, 0.25) is 0 Å². The van der Waals surface area contributed by atoms with Crippen molar-refractivity contribution in [3.8, 4) is 5.75 Å². The Hall–Kier alpha value is -3.91. The topological polar surface area (TPSA) is 146 Å². The largest absolute Gasteiger partial charge is 0.483 e. The molecule has 5 rings (SSSR count). The van der Waals surface area contributed by atoms with Crippen LogP contribution in [0.3, 0.4) is 0 Å². The van der Waals surface area contributed by atoms with E-state index < -0.39 is 15.9 Å². The second kappa shape index (κ2) is 11.1. The highest BCUT2D eigenvalue weighted by Gasteiger charge is 2.13. The van der Waals surface area contributed by atoms with Crippen LogP contribution in [0, 0.1) is 0 Å². The lowest BCUT2D eigenvalue weighted by Gasteiger charge is -2.10. The fourth-order valence-corrected chi connectivity index (χ4v) is 5.51. The standard InChI is InChI=1S/C26H20BrN5O5S2/c27-18-6-11-21(37-15-24(33)29-19-7-9-20(10-8-19)39(28,35)36)17(13-18)14-22-25(34)32-26(38-22)30-23(31-32)12-16-4-2-1-3-5-16/h1-11,13-14H,12,15H2,(H,29,33)(H2,28,35,36)/b22-14-. The molecular formula is C26H20BrN5O5S2. The molecule has 5 aromatic rings. The average Bonchev–Trinajstić information content (AvgIpc) is 3.41. The molecule has 13 heteroatoms. The van der Waals surface area contributed by atoms with Gasteiger partial charge < -0.3 is 10.1 Å². The number of ether oxygens (including phenoxy) is 1. The Morgan fingerprint density at radius 2 is 1.85 bits per heavy atom.